The highest BCUT2D eigenvalue weighted by Gasteiger charge is 2.18. The van der Waals surface area contributed by atoms with Gasteiger partial charge >= 0.3 is 0 Å². The summed E-state index contributed by atoms with van der Waals surface area (Å²) in [6.45, 7) is 1.73. The van der Waals surface area contributed by atoms with Crippen molar-refractivity contribution < 1.29 is 18.9 Å². The number of benzene rings is 1. The number of carbonyl (C=O) groups excluding carboxylic acids is 2. The first-order valence-electron chi connectivity index (χ1n) is 6.83. The maximum Gasteiger partial charge on any atom is 0.270 e. The summed E-state index contributed by atoms with van der Waals surface area (Å²) in [5, 5.41) is 15.8. The van der Waals surface area contributed by atoms with Gasteiger partial charge in [0.15, 0.2) is 0 Å². The highest BCUT2D eigenvalue weighted by Crippen LogP contribution is 2.13. The fraction of sp³-hybridized carbons (Fsp3) is 0.200. The van der Waals surface area contributed by atoms with Crippen LogP contribution in [0.25, 0.3) is 0 Å². The van der Waals surface area contributed by atoms with Gasteiger partial charge in [-0.3, -0.25) is 19.7 Å². The number of nitrogens with zero attached hydrogens (tertiary/aromatic N) is 1. The van der Waals surface area contributed by atoms with Crippen LogP contribution in [0.2, 0.25) is 0 Å². The van der Waals surface area contributed by atoms with Gasteiger partial charge in [-0.05, 0) is 25.1 Å². The zero-order valence-corrected chi connectivity index (χ0v) is 12.3. The third-order valence-electron chi connectivity index (χ3n) is 3.08. The molecule has 23 heavy (non-hydrogen) atoms. The van der Waals surface area contributed by atoms with E-state index in [1.807, 2.05) is 0 Å². The highest BCUT2D eigenvalue weighted by atomic mass is 16.6. The molecule has 0 aliphatic heterocycles. The molecule has 2 rings (SSSR count). The van der Waals surface area contributed by atoms with E-state index < -0.39 is 16.9 Å². The minimum atomic E-state index is -0.795. The van der Waals surface area contributed by atoms with Gasteiger partial charge in [0.2, 0.25) is 5.91 Å². The number of nitro groups is 1. The molecule has 8 nitrogen and oxygen atoms in total. The summed E-state index contributed by atoms with van der Waals surface area (Å²) in [4.78, 5) is 34.1. The molecule has 0 bridgehead atoms. The number of nitrogens with one attached hydrogen (secondary N) is 2. The Labute approximate surface area is 131 Å². The minimum absolute atomic E-state index is 0.116. The van der Waals surface area contributed by atoms with E-state index in [1.54, 1.807) is 12.1 Å². The van der Waals surface area contributed by atoms with Gasteiger partial charge in [0.25, 0.3) is 11.6 Å². The lowest BCUT2D eigenvalue weighted by Crippen LogP contribution is -2.44. The lowest BCUT2D eigenvalue weighted by atomic mass is 10.1. The van der Waals surface area contributed by atoms with Gasteiger partial charge in [-0.15, -0.1) is 0 Å². The van der Waals surface area contributed by atoms with Gasteiger partial charge in [-0.25, -0.2) is 0 Å². The van der Waals surface area contributed by atoms with Gasteiger partial charge in [0.1, 0.15) is 11.8 Å². The maximum atomic E-state index is 12.0. The molecule has 0 spiro atoms. The predicted molar refractivity (Wildman–Crippen MR) is 80.6 cm³/mol. The van der Waals surface area contributed by atoms with Crippen molar-refractivity contribution in [3.63, 3.8) is 0 Å². The first-order chi connectivity index (χ1) is 11.0. The van der Waals surface area contributed by atoms with Crippen molar-refractivity contribution in [2.75, 3.05) is 0 Å². The van der Waals surface area contributed by atoms with Crippen LogP contribution >= 0.6 is 0 Å². The first kappa shape index (κ1) is 16.2. The summed E-state index contributed by atoms with van der Waals surface area (Å²) < 4.78 is 5.08. The zero-order chi connectivity index (χ0) is 16.8. The molecule has 2 aromatic rings. The van der Waals surface area contributed by atoms with Crippen molar-refractivity contribution in [2.24, 2.45) is 0 Å². The molecule has 0 unspecified atom stereocenters. The molecule has 0 radical (unpaired) electrons. The molecular formula is C15H15N3O5. The molecule has 0 saturated carbocycles. The second kappa shape index (κ2) is 7.21. The molecule has 1 aromatic heterocycles. The Bertz CT molecular complexity index is 712. The number of non-ortho nitro benzene ring substituents is 1. The van der Waals surface area contributed by atoms with Crippen molar-refractivity contribution in [1.29, 1.82) is 0 Å². The molecule has 0 saturated heterocycles. The normalized spacial score (nSPS) is 11.5. The number of rotatable bonds is 6. The van der Waals surface area contributed by atoms with Gasteiger partial charge in [-0.2, -0.15) is 0 Å². The summed E-state index contributed by atoms with van der Waals surface area (Å²) in [6, 6.07) is 7.92. The standard InChI is InChI=1S/C15H15N3O5/c1-10(14(19)16-9-13-6-3-7-23-13)17-15(20)11-4-2-5-12(8-11)18(21)22/h2-8,10H,9H2,1H3,(H,16,19)(H,17,20)/t10-/m0/s1. The monoisotopic (exact) mass is 317 g/mol. The Hall–Kier alpha value is -3.16. The van der Waals surface area contributed by atoms with E-state index in [2.05, 4.69) is 10.6 Å². The van der Waals surface area contributed by atoms with Crippen molar-refractivity contribution in [2.45, 2.75) is 19.5 Å². The summed E-state index contributed by atoms with van der Waals surface area (Å²) in [5.74, 6) is -0.356. The summed E-state index contributed by atoms with van der Waals surface area (Å²) in [7, 11) is 0. The highest BCUT2D eigenvalue weighted by molar-refractivity contribution is 5.97. The summed E-state index contributed by atoms with van der Waals surface area (Å²) in [5.41, 5.74) is -0.0718. The van der Waals surface area contributed by atoms with Crippen LogP contribution in [0.15, 0.2) is 47.1 Å². The van der Waals surface area contributed by atoms with Gasteiger partial charge in [-0.1, -0.05) is 6.07 Å². The molecule has 0 aliphatic rings. The van der Waals surface area contributed by atoms with Crippen LogP contribution in [0.3, 0.4) is 0 Å². The average Bonchev–Trinajstić information content (AvgIpc) is 3.06. The third kappa shape index (κ3) is 4.40. The van der Waals surface area contributed by atoms with E-state index in [0.717, 1.165) is 6.07 Å². The molecule has 1 atom stereocenters. The fourth-order valence-electron chi connectivity index (χ4n) is 1.85. The van der Waals surface area contributed by atoms with Crippen LogP contribution in [0.5, 0.6) is 0 Å². The van der Waals surface area contributed by atoms with Crippen molar-refractivity contribution >= 4 is 17.5 Å². The van der Waals surface area contributed by atoms with E-state index in [-0.39, 0.29) is 23.7 Å². The lowest BCUT2D eigenvalue weighted by molar-refractivity contribution is -0.384. The van der Waals surface area contributed by atoms with E-state index in [4.69, 9.17) is 4.42 Å². The first-order valence-corrected chi connectivity index (χ1v) is 6.83. The molecule has 2 N–H and O–H groups in total. The molecule has 2 amide bonds. The quantitative estimate of drug-likeness (QED) is 0.620. The maximum absolute atomic E-state index is 12.0. The molecule has 120 valence electrons. The Morgan fingerprint density at radius 1 is 1.30 bits per heavy atom. The predicted octanol–water partition coefficient (Wildman–Crippen LogP) is 1.62. The van der Waals surface area contributed by atoms with E-state index in [9.17, 15) is 19.7 Å². The van der Waals surface area contributed by atoms with Gasteiger partial charge in [0.05, 0.1) is 17.7 Å². The Balaban J connectivity index is 1.92. The second-order valence-corrected chi connectivity index (χ2v) is 4.80. The number of furan rings is 1. The fourth-order valence-corrected chi connectivity index (χ4v) is 1.85. The Kier molecular flexibility index (Phi) is 5.08. The van der Waals surface area contributed by atoms with Crippen LogP contribution in [0.4, 0.5) is 5.69 Å². The average molecular weight is 317 g/mol. The van der Waals surface area contributed by atoms with Crippen LogP contribution < -0.4 is 10.6 Å². The smallest absolute Gasteiger partial charge is 0.270 e. The molecule has 0 aliphatic carbocycles. The zero-order valence-electron chi connectivity index (χ0n) is 12.3. The molecule has 8 heteroatoms. The second-order valence-electron chi connectivity index (χ2n) is 4.80. The topological polar surface area (TPSA) is 114 Å². The minimum Gasteiger partial charge on any atom is -0.467 e. The number of hydrogen-bond acceptors (Lipinski definition) is 5. The van der Waals surface area contributed by atoms with Crippen LogP contribution in [0.1, 0.15) is 23.0 Å². The van der Waals surface area contributed by atoms with E-state index >= 15 is 0 Å². The van der Waals surface area contributed by atoms with Crippen molar-refractivity contribution in [3.8, 4) is 0 Å². The van der Waals surface area contributed by atoms with Crippen LogP contribution in [0, 0.1) is 10.1 Å². The van der Waals surface area contributed by atoms with Gasteiger partial charge in [0, 0.05) is 17.7 Å². The third-order valence-corrected chi connectivity index (χ3v) is 3.08. The Morgan fingerprint density at radius 2 is 2.09 bits per heavy atom. The lowest BCUT2D eigenvalue weighted by Gasteiger charge is -2.13. The molecule has 0 fully saturated rings. The number of nitro benzene ring substituents is 1. The summed E-state index contributed by atoms with van der Waals surface area (Å²) in [6.07, 6.45) is 1.50. The number of hydrogen-bond donors (Lipinski definition) is 2. The molecule has 1 heterocycles. The number of amides is 2. The van der Waals surface area contributed by atoms with Crippen LogP contribution in [-0.2, 0) is 11.3 Å². The SMILES string of the molecule is C[C@H](NC(=O)c1cccc([N+](=O)[O-])c1)C(=O)NCc1ccco1. The van der Waals surface area contributed by atoms with Crippen molar-refractivity contribution in [3.05, 3.63) is 64.1 Å². The largest absolute Gasteiger partial charge is 0.467 e. The number of carbonyl (C=O) groups is 2. The van der Waals surface area contributed by atoms with Gasteiger partial charge < -0.3 is 15.1 Å². The van der Waals surface area contributed by atoms with Crippen LogP contribution in [-0.4, -0.2) is 22.8 Å². The molecule has 1 aromatic carbocycles. The molecular weight excluding hydrogens is 302 g/mol. The van der Waals surface area contributed by atoms with E-state index in [1.165, 1.54) is 31.4 Å². The van der Waals surface area contributed by atoms with E-state index in [0.29, 0.717) is 5.76 Å². The summed E-state index contributed by atoms with van der Waals surface area (Å²) >= 11 is 0. The van der Waals surface area contributed by atoms with Crippen molar-refractivity contribution in [1.82, 2.24) is 10.6 Å². The Morgan fingerprint density at radius 3 is 2.74 bits per heavy atom.